The average Bonchev–Trinajstić information content (AvgIpc) is 4.04. The van der Waals surface area contributed by atoms with Crippen LogP contribution in [-0.4, -0.2) is 0 Å². The zero-order chi connectivity index (χ0) is 50.3. The van der Waals surface area contributed by atoms with Crippen molar-refractivity contribution in [3.8, 4) is 66.8 Å². The molecule has 0 saturated heterocycles. The Balaban J connectivity index is 1.09. The fourth-order valence-corrected chi connectivity index (χ4v) is 12.4. The summed E-state index contributed by atoms with van der Waals surface area (Å²) in [7, 11) is 0. The Kier molecular flexibility index (Phi) is 10.6. The molecule has 13 rings (SSSR count). The Morgan fingerprint density at radius 3 is 1.42 bits per heavy atom. The minimum atomic E-state index is -0.549. The first-order valence-corrected chi connectivity index (χ1v) is 26.3. The molecule has 0 saturated carbocycles. The quantitative estimate of drug-likeness (QED) is 0.154. The molecule has 11 aromatic carbocycles. The Hall–Kier alpha value is -8.52. The number of hydrogen-bond donors (Lipinski definition) is 0. The molecule has 1 nitrogen and oxygen atoms in total. The predicted octanol–water partition coefficient (Wildman–Crippen LogP) is 19.9. The van der Waals surface area contributed by atoms with Gasteiger partial charge in [0.2, 0.25) is 0 Å². The van der Waals surface area contributed by atoms with Gasteiger partial charge in [0.05, 0.1) is 16.8 Å². The van der Waals surface area contributed by atoms with Gasteiger partial charge in [-0.3, -0.25) is 0 Å². The molecule has 0 fully saturated rings. The van der Waals surface area contributed by atoms with Gasteiger partial charge < -0.3 is 4.90 Å². The highest BCUT2D eigenvalue weighted by molar-refractivity contribution is 6.04. The van der Waals surface area contributed by atoms with Crippen molar-refractivity contribution in [2.45, 2.75) is 57.8 Å². The van der Waals surface area contributed by atoms with Crippen LogP contribution in [0, 0.1) is 0 Å². The lowest BCUT2D eigenvalue weighted by atomic mass is 9.69. The van der Waals surface area contributed by atoms with E-state index in [-0.39, 0.29) is 10.8 Å². The van der Waals surface area contributed by atoms with Crippen LogP contribution in [0.25, 0.3) is 77.5 Å². The summed E-state index contributed by atoms with van der Waals surface area (Å²) in [4.78, 5) is 2.56. The lowest BCUT2D eigenvalue weighted by molar-refractivity contribution is 0.586. The van der Waals surface area contributed by atoms with Gasteiger partial charge in [0.15, 0.2) is 0 Å². The number of fused-ring (bicyclic) bond motifs is 11. The molecule has 0 atom stereocenters. The van der Waals surface area contributed by atoms with E-state index in [1.165, 1.54) is 105 Å². The first kappa shape index (κ1) is 45.4. The van der Waals surface area contributed by atoms with Crippen LogP contribution in [0.15, 0.2) is 249 Å². The number of nitrogens with zero attached hydrogens (tertiary/aromatic N) is 1. The number of anilines is 3. The molecular formula is C73H59N. The largest absolute Gasteiger partial charge is 0.309 e. The maximum atomic E-state index is 2.56. The topological polar surface area (TPSA) is 3.24 Å². The van der Waals surface area contributed by atoms with Gasteiger partial charge >= 0.3 is 0 Å². The van der Waals surface area contributed by atoms with Crippen molar-refractivity contribution < 1.29 is 0 Å². The lowest BCUT2D eigenvalue weighted by Crippen LogP contribution is -2.27. The molecule has 0 aromatic heterocycles. The van der Waals surface area contributed by atoms with E-state index in [9.17, 15) is 0 Å². The van der Waals surface area contributed by atoms with Gasteiger partial charge in [0.1, 0.15) is 0 Å². The second-order valence-electron chi connectivity index (χ2n) is 22.4. The zero-order valence-corrected chi connectivity index (χ0v) is 43.1. The Morgan fingerprint density at radius 2 is 0.757 bits per heavy atom. The van der Waals surface area contributed by atoms with E-state index in [0.717, 1.165) is 22.6 Å². The molecule has 0 heterocycles. The summed E-state index contributed by atoms with van der Waals surface area (Å²) in [5, 5.41) is 2.49. The van der Waals surface area contributed by atoms with E-state index in [0.29, 0.717) is 0 Å². The molecule has 0 amide bonds. The predicted molar refractivity (Wildman–Crippen MR) is 314 cm³/mol. The highest BCUT2D eigenvalue weighted by Gasteiger charge is 2.53. The van der Waals surface area contributed by atoms with E-state index in [1.807, 2.05) is 0 Å². The summed E-state index contributed by atoms with van der Waals surface area (Å²) >= 11 is 0. The Bertz CT molecular complexity index is 3900. The van der Waals surface area contributed by atoms with Gasteiger partial charge in [-0.05, 0) is 135 Å². The van der Waals surface area contributed by atoms with Crippen molar-refractivity contribution >= 4 is 27.8 Å². The summed E-state index contributed by atoms with van der Waals surface area (Å²) in [5.41, 5.74) is 25.5. The van der Waals surface area contributed by atoms with E-state index >= 15 is 0 Å². The fourth-order valence-electron chi connectivity index (χ4n) is 12.4. The van der Waals surface area contributed by atoms with Gasteiger partial charge in [-0.25, -0.2) is 0 Å². The van der Waals surface area contributed by atoms with E-state index in [2.05, 4.69) is 295 Å². The van der Waals surface area contributed by atoms with Crippen molar-refractivity contribution in [1.29, 1.82) is 0 Å². The summed E-state index contributed by atoms with van der Waals surface area (Å²) in [6.07, 6.45) is 0. The maximum absolute atomic E-state index is 2.56. The van der Waals surface area contributed by atoms with Gasteiger partial charge in [-0.2, -0.15) is 0 Å². The third kappa shape index (κ3) is 7.13. The minimum Gasteiger partial charge on any atom is -0.309 e. The number of rotatable bonds is 7. The van der Waals surface area contributed by atoms with Crippen molar-refractivity contribution in [1.82, 2.24) is 0 Å². The summed E-state index contributed by atoms with van der Waals surface area (Å²) in [5.74, 6) is 0. The van der Waals surface area contributed by atoms with Crippen molar-refractivity contribution in [3.05, 3.63) is 282 Å². The molecule has 0 radical (unpaired) electrons. The number of benzene rings is 11. The van der Waals surface area contributed by atoms with Gasteiger partial charge in [-0.1, -0.05) is 266 Å². The van der Waals surface area contributed by atoms with Crippen molar-refractivity contribution in [2.75, 3.05) is 4.90 Å². The standard InChI is InChI=1S/C73H59N/c1-71(2,3)51-40-44-60-61-45-41-52(72(4,5)6)47-67(61)73(66(60)46-51)64-34-18-16-32-63(64)70-65(73)35-21-37-69(70)74(53-42-38-50(39-43-53)55-33-20-25-49-24-10-11-26-54(49)55)68-36-19-17-31-62(68)59-30-15-14-29-58(59)57-28-13-12-27-56(57)48-22-8-7-9-23-48/h7-47H,1-6H3. The van der Waals surface area contributed by atoms with Crippen LogP contribution in [0.1, 0.15) is 74.9 Å². The van der Waals surface area contributed by atoms with E-state index < -0.39 is 5.41 Å². The SMILES string of the molecule is CC(C)(C)c1ccc2c(c1)C1(c3cc(C(C)(C)C)ccc3-2)c2ccccc2-c2c(N(c3ccc(-c4cccc5ccccc45)cc3)c3ccccc3-c3ccccc3-c3ccccc3-c3ccccc3)cccc21. The molecule has 2 aliphatic carbocycles. The van der Waals surface area contributed by atoms with Gasteiger partial charge in [-0.15, -0.1) is 0 Å². The highest BCUT2D eigenvalue weighted by Crippen LogP contribution is 2.65. The molecule has 1 heteroatoms. The molecule has 74 heavy (non-hydrogen) atoms. The van der Waals surface area contributed by atoms with Crippen LogP contribution in [0.2, 0.25) is 0 Å². The molecule has 356 valence electrons. The van der Waals surface area contributed by atoms with Crippen LogP contribution in [0.5, 0.6) is 0 Å². The number of hydrogen-bond acceptors (Lipinski definition) is 1. The molecule has 2 aliphatic rings. The average molecular weight is 950 g/mol. The third-order valence-electron chi connectivity index (χ3n) is 16.0. The smallest absolute Gasteiger partial charge is 0.0726 e. The highest BCUT2D eigenvalue weighted by atomic mass is 15.1. The van der Waals surface area contributed by atoms with E-state index in [4.69, 9.17) is 0 Å². The molecule has 1 spiro atoms. The van der Waals surface area contributed by atoms with Crippen LogP contribution in [0.4, 0.5) is 17.1 Å². The first-order chi connectivity index (χ1) is 36.0. The fraction of sp³-hybridized carbons (Fsp3) is 0.123. The molecule has 0 aliphatic heterocycles. The maximum Gasteiger partial charge on any atom is 0.0726 e. The summed E-state index contributed by atoms with van der Waals surface area (Å²) < 4.78 is 0. The second-order valence-corrected chi connectivity index (χ2v) is 22.4. The Labute approximate surface area is 437 Å². The monoisotopic (exact) mass is 949 g/mol. The van der Waals surface area contributed by atoms with Crippen LogP contribution < -0.4 is 4.90 Å². The van der Waals surface area contributed by atoms with Crippen molar-refractivity contribution in [3.63, 3.8) is 0 Å². The minimum absolute atomic E-state index is 0.0407. The first-order valence-electron chi connectivity index (χ1n) is 26.3. The lowest BCUT2D eigenvalue weighted by Gasteiger charge is -2.34. The molecular weight excluding hydrogens is 891 g/mol. The van der Waals surface area contributed by atoms with Gasteiger partial charge in [0.25, 0.3) is 0 Å². The molecule has 11 aromatic rings. The molecule has 0 N–H and O–H groups in total. The summed E-state index contributed by atoms with van der Waals surface area (Å²) in [6, 6.07) is 93.5. The number of para-hydroxylation sites is 1. The van der Waals surface area contributed by atoms with Crippen LogP contribution >= 0.6 is 0 Å². The summed E-state index contributed by atoms with van der Waals surface area (Å²) in [6.45, 7) is 14.1. The zero-order valence-electron chi connectivity index (χ0n) is 43.1. The normalized spacial score (nSPS) is 13.1. The van der Waals surface area contributed by atoms with Gasteiger partial charge in [0, 0.05) is 16.8 Å². The second kappa shape index (κ2) is 17.3. The molecule has 0 bridgehead atoms. The van der Waals surface area contributed by atoms with Crippen LogP contribution in [0.3, 0.4) is 0 Å². The third-order valence-corrected chi connectivity index (χ3v) is 16.0. The van der Waals surface area contributed by atoms with E-state index in [1.54, 1.807) is 0 Å². The Morgan fingerprint density at radius 1 is 0.297 bits per heavy atom. The van der Waals surface area contributed by atoms with Crippen molar-refractivity contribution in [2.24, 2.45) is 0 Å². The molecule has 0 unspecified atom stereocenters. The van der Waals surface area contributed by atoms with Crippen LogP contribution in [-0.2, 0) is 16.2 Å².